The fourth-order valence-electron chi connectivity index (χ4n) is 1.67. The van der Waals surface area contributed by atoms with Gasteiger partial charge in [-0.1, -0.05) is 20.8 Å². The van der Waals surface area contributed by atoms with Crippen LogP contribution in [0.2, 0.25) is 0 Å². The SMILES string of the molecule is CCCNC(C)CCOC(C)CC(C)C. The van der Waals surface area contributed by atoms with E-state index >= 15 is 0 Å². The second-order valence-corrected chi connectivity index (χ2v) is 4.95. The highest BCUT2D eigenvalue weighted by atomic mass is 16.5. The predicted molar refractivity (Wildman–Crippen MR) is 67.2 cm³/mol. The van der Waals surface area contributed by atoms with Gasteiger partial charge in [0.1, 0.15) is 0 Å². The molecule has 0 aromatic heterocycles. The van der Waals surface area contributed by atoms with Crippen molar-refractivity contribution in [2.45, 2.75) is 66.0 Å². The Kier molecular flexibility index (Phi) is 9.12. The number of rotatable bonds is 9. The Morgan fingerprint density at radius 2 is 1.80 bits per heavy atom. The fourth-order valence-corrected chi connectivity index (χ4v) is 1.67. The molecule has 0 fully saturated rings. The number of hydrogen-bond acceptors (Lipinski definition) is 2. The number of nitrogens with one attached hydrogen (secondary N) is 1. The van der Waals surface area contributed by atoms with Crippen molar-refractivity contribution in [3.05, 3.63) is 0 Å². The van der Waals surface area contributed by atoms with Gasteiger partial charge in [-0.2, -0.15) is 0 Å². The molecule has 0 radical (unpaired) electrons. The van der Waals surface area contributed by atoms with Crippen LogP contribution in [0.4, 0.5) is 0 Å². The molecule has 2 heteroatoms. The first kappa shape index (κ1) is 14.9. The van der Waals surface area contributed by atoms with Gasteiger partial charge in [0.2, 0.25) is 0 Å². The highest BCUT2D eigenvalue weighted by Gasteiger charge is 2.06. The summed E-state index contributed by atoms with van der Waals surface area (Å²) in [6.07, 6.45) is 3.89. The van der Waals surface area contributed by atoms with Crippen LogP contribution in [0.3, 0.4) is 0 Å². The van der Waals surface area contributed by atoms with Gasteiger partial charge in [0.25, 0.3) is 0 Å². The van der Waals surface area contributed by atoms with Crippen molar-refractivity contribution < 1.29 is 4.74 Å². The van der Waals surface area contributed by atoms with E-state index in [9.17, 15) is 0 Å². The molecule has 0 saturated heterocycles. The Bertz CT molecular complexity index is 136. The number of ether oxygens (including phenoxy) is 1. The van der Waals surface area contributed by atoms with Gasteiger partial charge >= 0.3 is 0 Å². The van der Waals surface area contributed by atoms with Gasteiger partial charge in [0, 0.05) is 12.6 Å². The Morgan fingerprint density at radius 3 is 2.33 bits per heavy atom. The first-order chi connectivity index (χ1) is 7.06. The van der Waals surface area contributed by atoms with Crippen LogP contribution < -0.4 is 5.32 Å². The second kappa shape index (κ2) is 9.17. The molecule has 0 spiro atoms. The van der Waals surface area contributed by atoms with Gasteiger partial charge in [-0.15, -0.1) is 0 Å². The normalized spacial score (nSPS) is 15.6. The molecule has 2 atom stereocenters. The molecule has 2 unspecified atom stereocenters. The van der Waals surface area contributed by atoms with E-state index in [2.05, 4.69) is 39.9 Å². The summed E-state index contributed by atoms with van der Waals surface area (Å²) in [6.45, 7) is 13.1. The monoisotopic (exact) mass is 215 g/mol. The maximum atomic E-state index is 5.76. The van der Waals surface area contributed by atoms with E-state index in [0.717, 1.165) is 31.9 Å². The van der Waals surface area contributed by atoms with Crippen molar-refractivity contribution in [2.75, 3.05) is 13.2 Å². The van der Waals surface area contributed by atoms with Crippen molar-refractivity contribution in [1.82, 2.24) is 5.32 Å². The molecule has 1 N–H and O–H groups in total. The van der Waals surface area contributed by atoms with Crippen LogP contribution in [0.15, 0.2) is 0 Å². The average molecular weight is 215 g/mol. The molecular formula is C13H29NO. The van der Waals surface area contributed by atoms with E-state index < -0.39 is 0 Å². The summed E-state index contributed by atoms with van der Waals surface area (Å²) in [5, 5.41) is 3.47. The predicted octanol–water partition coefficient (Wildman–Crippen LogP) is 3.22. The first-order valence-electron chi connectivity index (χ1n) is 6.41. The maximum absolute atomic E-state index is 5.76. The van der Waals surface area contributed by atoms with E-state index in [-0.39, 0.29) is 0 Å². The zero-order valence-electron chi connectivity index (χ0n) is 11.2. The lowest BCUT2D eigenvalue weighted by molar-refractivity contribution is 0.0469. The van der Waals surface area contributed by atoms with Crippen LogP contribution in [0.1, 0.15) is 53.9 Å². The zero-order chi connectivity index (χ0) is 11.7. The molecular weight excluding hydrogens is 186 g/mol. The molecule has 0 heterocycles. The molecule has 0 aliphatic carbocycles. The van der Waals surface area contributed by atoms with E-state index in [1.54, 1.807) is 0 Å². The van der Waals surface area contributed by atoms with E-state index in [4.69, 9.17) is 4.74 Å². The Hall–Kier alpha value is -0.0800. The molecule has 0 amide bonds. The smallest absolute Gasteiger partial charge is 0.0549 e. The lowest BCUT2D eigenvalue weighted by Gasteiger charge is -2.17. The summed E-state index contributed by atoms with van der Waals surface area (Å²) in [5.74, 6) is 0.732. The number of hydrogen-bond donors (Lipinski definition) is 1. The molecule has 0 saturated carbocycles. The van der Waals surface area contributed by atoms with Crippen LogP contribution in [0.5, 0.6) is 0 Å². The van der Waals surface area contributed by atoms with Crippen molar-refractivity contribution >= 4 is 0 Å². The summed E-state index contributed by atoms with van der Waals surface area (Å²) in [6, 6.07) is 0.580. The van der Waals surface area contributed by atoms with Gasteiger partial charge in [0.05, 0.1) is 6.10 Å². The molecule has 0 aromatic carbocycles. The minimum absolute atomic E-state index is 0.406. The third kappa shape index (κ3) is 10.2. The lowest BCUT2D eigenvalue weighted by atomic mass is 10.1. The highest BCUT2D eigenvalue weighted by Crippen LogP contribution is 2.08. The minimum Gasteiger partial charge on any atom is -0.378 e. The van der Waals surface area contributed by atoms with Crippen molar-refractivity contribution in [3.8, 4) is 0 Å². The van der Waals surface area contributed by atoms with Gasteiger partial charge in [-0.05, 0) is 45.6 Å². The van der Waals surface area contributed by atoms with Crippen molar-refractivity contribution in [2.24, 2.45) is 5.92 Å². The molecule has 0 bridgehead atoms. The second-order valence-electron chi connectivity index (χ2n) is 4.95. The maximum Gasteiger partial charge on any atom is 0.0549 e. The van der Waals surface area contributed by atoms with Gasteiger partial charge in [-0.25, -0.2) is 0 Å². The molecule has 2 nitrogen and oxygen atoms in total. The molecule has 15 heavy (non-hydrogen) atoms. The molecule has 0 rings (SSSR count). The van der Waals surface area contributed by atoms with Gasteiger partial charge in [-0.3, -0.25) is 0 Å². The largest absolute Gasteiger partial charge is 0.378 e. The van der Waals surface area contributed by atoms with Crippen molar-refractivity contribution in [3.63, 3.8) is 0 Å². The quantitative estimate of drug-likeness (QED) is 0.637. The van der Waals surface area contributed by atoms with Crippen LogP contribution in [-0.4, -0.2) is 25.3 Å². The van der Waals surface area contributed by atoms with Crippen LogP contribution in [-0.2, 0) is 4.74 Å². The topological polar surface area (TPSA) is 21.3 Å². The summed E-state index contributed by atoms with van der Waals surface area (Å²) in [4.78, 5) is 0. The Morgan fingerprint density at radius 1 is 1.13 bits per heavy atom. The van der Waals surface area contributed by atoms with E-state index in [1.807, 2.05) is 0 Å². The third-order valence-electron chi connectivity index (χ3n) is 2.50. The average Bonchev–Trinajstić information content (AvgIpc) is 2.13. The third-order valence-corrected chi connectivity index (χ3v) is 2.50. The van der Waals surface area contributed by atoms with Crippen molar-refractivity contribution in [1.29, 1.82) is 0 Å². The summed E-state index contributed by atoms with van der Waals surface area (Å²) in [7, 11) is 0. The first-order valence-corrected chi connectivity index (χ1v) is 6.41. The van der Waals surface area contributed by atoms with Crippen LogP contribution in [0, 0.1) is 5.92 Å². The van der Waals surface area contributed by atoms with E-state index in [1.165, 1.54) is 6.42 Å². The minimum atomic E-state index is 0.406. The zero-order valence-corrected chi connectivity index (χ0v) is 11.2. The fraction of sp³-hybridized carbons (Fsp3) is 1.00. The van der Waals surface area contributed by atoms with Crippen LogP contribution >= 0.6 is 0 Å². The highest BCUT2D eigenvalue weighted by molar-refractivity contribution is 4.60. The van der Waals surface area contributed by atoms with E-state index in [0.29, 0.717) is 12.1 Å². The molecule has 0 aliphatic rings. The van der Waals surface area contributed by atoms with Crippen LogP contribution in [0.25, 0.3) is 0 Å². The van der Waals surface area contributed by atoms with Gasteiger partial charge < -0.3 is 10.1 Å². The molecule has 92 valence electrons. The van der Waals surface area contributed by atoms with Gasteiger partial charge in [0.15, 0.2) is 0 Å². The molecule has 0 aliphatic heterocycles. The summed E-state index contributed by atoms with van der Waals surface area (Å²) < 4.78 is 5.76. The standard InChI is InChI=1S/C13H29NO/c1-6-8-14-12(4)7-9-15-13(5)10-11(2)3/h11-14H,6-10H2,1-5H3. The lowest BCUT2D eigenvalue weighted by Crippen LogP contribution is -2.28. The Balaban J connectivity index is 3.35. The summed E-state index contributed by atoms with van der Waals surface area (Å²) >= 11 is 0. The Labute approximate surface area is 95.8 Å². The summed E-state index contributed by atoms with van der Waals surface area (Å²) in [5.41, 5.74) is 0. The molecule has 0 aromatic rings.